The van der Waals surface area contributed by atoms with Gasteiger partial charge in [0, 0.05) is 30.6 Å². The van der Waals surface area contributed by atoms with E-state index >= 15 is 0 Å². The third-order valence-corrected chi connectivity index (χ3v) is 4.30. The molecule has 90 valence electrons. The largest absolute Gasteiger partial charge is 0.311 e. The van der Waals surface area contributed by atoms with Crippen LogP contribution in [-0.2, 0) is 6.54 Å². The summed E-state index contributed by atoms with van der Waals surface area (Å²) < 4.78 is 0. The molecule has 0 aliphatic carbocycles. The highest BCUT2D eigenvalue weighted by atomic mass is 32.1. The maximum Gasteiger partial charge on any atom is 0.0300 e. The summed E-state index contributed by atoms with van der Waals surface area (Å²) >= 11 is 1.83. The number of nitrogens with zero attached hydrogens (tertiary/aromatic N) is 1. The zero-order chi connectivity index (χ0) is 11.2. The molecule has 0 saturated carbocycles. The molecule has 1 aliphatic heterocycles. The van der Waals surface area contributed by atoms with Crippen molar-refractivity contribution < 1.29 is 0 Å². The van der Waals surface area contributed by atoms with Gasteiger partial charge in [-0.05, 0) is 37.3 Å². The van der Waals surface area contributed by atoms with Crippen LogP contribution in [0.3, 0.4) is 0 Å². The standard InChI is InChI=1S/C13H22N2S/c1-2-12-5-3-8-15(12)9-7-14-11-13-6-4-10-16-13/h4,6,10,12,14H,2-3,5,7-9,11H2,1H3. The quantitative estimate of drug-likeness (QED) is 0.767. The first-order valence-electron chi connectivity index (χ1n) is 6.37. The fraction of sp³-hybridized carbons (Fsp3) is 0.692. The van der Waals surface area contributed by atoms with Crippen molar-refractivity contribution in [1.29, 1.82) is 0 Å². The van der Waals surface area contributed by atoms with Gasteiger partial charge in [0.25, 0.3) is 0 Å². The number of rotatable bonds is 6. The molecule has 2 rings (SSSR count). The number of nitrogens with one attached hydrogen (secondary N) is 1. The van der Waals surface area contributed by atoms with E-state index in [2.05, 4.69) is 34.7 Å². The minimum Gasteiger partial charge on any atom is -0.311 e. The monoisotopic (exact) mass is 238 g/mol. The lowest BCUT2D eigenvalue weighted by Gasteiger charge is -2.23. The molecule has 0 bridgehead atoms. The van der Waals surface area contributed by atoms with E-state index < -0.39 is 0 Å². The topological polar surface area (TPSA) is 15.3 Å². The molecule has 3 heteroatoms. The Kier molecular flexibility index (Phi) is 4.82. The number of hydrogen-bond donors (Lipinski definition) is 1. The van der Waals surface area contributed by atoms with Crippen LogP contribution in [0.2, 0.25) is 0 Å². The molecule has 1 N–H and O–H groups in total. The fourth-order valence-electron chi connectivity index (χ4n) is 2.50. The van der Waals surface area contributed by atoms with Crippen molar-refractivity contribution in [2.45, 2.75) is 38.8 Å². The van der Waals surface area contributed by atoms with Crippen LogP contribution in [0.4, 0.5) is 0 Å². The first-order chi connectivity index (χ1) is 7.90. The second-order valence-corrected chi connectivity index (χ2v) is 5.53. The van der Waals surface area contributed by atoms with Crippen LogP contribution in [0.1, 0.15) is 31.1 Å². The molecule has 2 nitrogen and oxygen atoms in total. The highest BCUT2D eigenvalue weighted by molar-refractivity contribution is 7.09. The van der Waals surface area contributed by atoms with Gasteiger partial charge < -0.3 is 5.32 Å². The summed E-state index contributed by atoms with van der Waals surface area (Å²) in [4.78, 5) is 4.08. The van der Waals surface area contributed by atoms with Gasteiger partial charge >= 0.3 is 0 Å². The summed E-state index contributed by atoms with van der Waals surface area (Å²) in [6, 6.07) is 5.17. The molecular weight excluding hydrogens is 216 g/mol. The van der Waals surface area contributed by atoms with Crippen molar-refractivity contribution in [3.63, 3.8) is 0 Å². The van der Waals surface area contributed by atoms with Gasteiger partial charge in [0.15, 0.2) is 0 Å². The predicted octanol–water partition coefficient (Wildman–Crippen LogP) is 2.71. The lowest BCUT2D eigenvalue weighted by molar-refractivity contribution is 0.248. The van der Waals surface area contributed by atoms with Crippen molar-refractivity contribution in [2.75, 3.05) is 19.6 Å². The van der Waals surface area contributed by atoms with Gasteiger partial charge in [0.2, 0.25) is 0 Å². The van der Waals surface area contributed by atoms with Crippen molar-refractivity contribution in [3.8, 4) is 0 Å². The minimum atomic E-state index is 0.850. The summed E-state index contributed by atoms with van der Waals surface area (Å²) in [5, 5.41) is 5.67. The van der Waals surface area contributed by atoms with Gasteiger partial charge in [0.1, 0.15) is 0 Å². The van der Waals surface area contributed by atoms with Crippen LogP contribution in [0.5, 0.6) is 0 Å². The Morgan fingerprint density at radius 2 is 2.50 bits per heavy atom. The molecule has 1 aliphatic rings. The highest BCUT2D eigenvalue weighted by Crippen LogP contribution is 2.18. The summed E-state index contributed by atoms with van der Waals surface area (Å²) in [6.45, 7) is 6.97. The molecule has 1 saturated heterocycles. The summed E-state index contributed by atoms with van der Waals surface area (Å²) in [5.74, 6) is 0. The normalized spacial score (nSPS) is 21.7. The van der Waals surface area contributed by atoms with Crippen LogP contribution in [0.25, 0.3) is 0 Å². The van der Waals surface area contributed by atoms with E-state index in [1.807, 2.05) is 11.3 Å². The van der Waals surface area contributed by atoms with Crippen LogP contribution < -0.4 is 5.32 Å². The van der Waals surface area contributed by atoms with Crippen LogP contribution >= 0.6 is 11.3 Å². The second kappa shape index (κ2) is 6.38. The zero-order valence-corrected chi connectivity index (χ0v) is 10.9. The van der Waals surface area contributed by atoms with Gasteiger partial charge in [-0.2, -0.15) is 0 Å². The van der Waals surface area contributed by atoms with Gasteiger partial charge in [-0.3, -0.25) is 4.90 Å². The Labute approximate surface area is 103 Å². The molecule has 0 amide bonds. The predicted molar refractivity (Wildman–Crippen MR) is 70.9 cm³/mol. The molecule has 16 heavy (non-hydrogen) atoms. The Morgan fingerprint density at radius 1 is 1.56 bits per heavy atom. The Hall–Kier alpha value is -0.380. The SMILES string of the molecule is CCC1CCCN1CCNCc1cccs1. The van der Waals surface area contributed by atoms with Crippen molar-refractivity contribution in [2.24, 2.45) is 0 Å². The van der Waals surface area contributed by atoms with Crippen molar-refractivity contribution in [1.82, 2.24) is 10.2 Å². The lowest BCUT2D eigenvalue weighted by atomic mass is 10.2. The van der Waals surface area contributed by atoms with Gasteiger partial charge in [-0.1, -0.05) is 13.0 Å². The number of likely N-dealkylation sites (tertiary alicyclic amines) is 1. The van der Waals surface area contributed by atoms with E-state index in [1.165, 1.54) is 37.2 Å². The number of hydrogen-bond acceptors (Lipinski definition) is 3. The molecule has 0 aromatic carbocycles. The molecule has 2 heterocycles. The van der Waals surface area contributed by atoms with Gasteiger partial charge in [-0.25, -0.2) is 0 Å². The van der Waals surface area contributed by atoms with E-state index in [0.29, 0.717) is 0 Å². The van der Waals surface area contributed by atoms with Crippen LogP contribution in [-0.4, -0.2) is 30.6 Å². The van der Waals surface area contributed by atoms with E-state index in [9.17, 15) is 0 Å². The Morgan fingerprint density at radius 3 is 3.25 bits per heavy atom. The van der Waals surface area contributed by atoms with Gasteiger partial charge in [-0.15, -0.1) is 11.3 Å². The van der Waals surface area contributed by atoms with Crippen LogP contribution in [0, 0.1) is 0 Å². The fourth-order valence-corrected chi connectivity index (χ4v) is 3.17. The second-order valence-electron chi connectivity index (χ2n) is 4.50. The molecule has 1 unspecified atom stereocenters. The van der Waals surface area contributed by atoms with E-state index in [0.717, 1.165) is 19.1 Å². The van der Waals surface area contributed by atoms with E-state index in [-0.39, 0.29) is 0 Å². The summed E-state index contributed by atoms with van der Waals surface area (Å²) in [7, 11) is 0. The molecular formula is C13H22N2S. The van der Waals surface area contributed by atoms with E-state index in [4.69, 9.17) is 0 Å². The molecule has 1 aromatic heterocycles. The van der Waals surface area contributed by atoms with Crippen LogP contribution in [0.15, 0.2) is 17.5 Å². The third kappa shape index (κ3) is 3.30. The van der Waals surface area contributed by atoms with Gasteiger partial charge in [0.05, 0.1) is 0 Å². The number of thiophene rings is 1. The molecule has 0 radical (unpaired) electrons. The average Bonchev–Trinajstić information content (AvgIpc) is 2.95. The summed E-state index contributed by atoms with van der Waals surface area (Å²) in [5.41, 5.74) is 0. The highest BCUT2D eigenvalue weighted by Gasteiger charge is 2.21. The lowest BCUT2D eigenvalue weighted by Crippen LogP contribution is -2.35. The average molecular weight is 238 g/mol. The molecule has 1 aromatic rings. The summed E-state index contributed by atoms with van der Waals surface area (Å²) in [6.07, 6.45) is 4.11. The van der Waals surface area contributed by atoms with Crippen molar-refractivity contribution in [3.05, 3.63) is 22.4 Å². The smallest absolute Gasteiger partial charge is 0.0300 e. The molecule has 1 fully saturated rings. The molecule has 1 atom stereocenters. The maximum absolute atomic E-state index is 3.53. The Balaban J connectivity index is 1.61. The zero-order valence-electron chi connectivity index (χ0n) is 10.1. The Bertz CT molecular complexity index is 284. The first-order valence-corrected chi connectivity index (χ1v) is 7.25. The third-order valence-electron chi connectivity index (χ3n) is 3.43. The van der Waals surface area contributed by atoms with Crippen molar-refractivity contribution >= 4 is 11.3 Å². The maximum atomic E-state index is 3.53. The molecule has 0 spiro atoms. The first kappa shape index (κ1) is 12.1. The minimum absolute atomic E-state index is 0.850. The van der Waals surface area contributed by atoms with E-state index in [1.54, 1.807) is 0 Å².